The summed E-state index contributed by atoms with van der Waals surface area (Å²) in [7, 11) is -2.30. The fourth-order valence-corrected chi connectivity index (χ4v) is 6.16. The van der Waals surface area contributed by atoms with Gasteiger partial charge in [-0.3, -0.25) is 9.59 Å². The molecule has 2 aromatic rings. The smallest absolute Gasteiger partial charge is 0.241 e. The van der Waals surface area contributed by atoms with Crippen LogP contribution < -0.4 is 19.3 Å². The van der Waals surface area contributed by atoms with Crippen LogP contribution in [-0.4, -0.2) is 71.0 Å². The van der Waals surface area contributed by atoms with Crippen LogP contribution in [-0.2, 0) is 26.0 Å². The highest BCUT2D eigenvalue weighted by Gasteiger charge is 2.34. The van der Waals surface area contributed by atoms with E-state index in [0.717, 1.165) is 22.7 Å². The van der Waals surface area contributed by atoms with Gasteiger partial charge in [-0.05, 0) is 48.2 Å². The number of benzene rings is 2. The van der Waals surface area contributed by atoms with Crippen LogP contribution >= 0.6 is 0 Å². The van der Waals surface area contributed by atoms with E-state index in [0.29, 0.717) is 39.1 Å². The van der Waals surface area contributed by atoms with Crippen molar-refractivity contribution >= 4 is 33.2 Å². The lowest BCUT2D eigenvalue weighted by Gasteiger charge is -2.38. The number of carbonyl (C=O) groups excluding carboxylic acids is 2. The van der Waals surface area contributed by atoms with Gasteiger partial charge in [-0.2, -0.15) is 4.72 Å². The largest absolute Gasteiger partial charge is 0.497 e. The fraction of sp³-hybridized carbons (Fsp3) is 0.462. The first kappa shape index (κ1) is 26.0. The van der Waals surface area contributed by atoms with E-state index in [4.69, 9.17) is 4.74 Å². The van der Waals surface area contributed by atoms with E-state index in [-0.39, 0.29) is 22.6 Å². The van der Waals surface area contributed by atoms with Gasteiger partial charge in [-0.1, -0.05) is 19.9 Å². The molecule has 1 atom stereocenters. The molecule has 1 saturated heterocycles. The summed E-state index contributed by atoms with van der Waals surface area (Å²) in [4.78, 5) is 30.9. The zero-order chi connectivity index (χ0) is 26.0. The van der Waals surface area contributed by atoms with Crippen molar-refractivity contribution in [2.75, 3.05) is 49.6 Å². The van der Waals surface area contributed by atoms with Gasteiger partial charge in [0.2, 0.25) is 21.8 Å². The minimum Gasteiger partial charge on any atom is -0.497 e. The molecule has 1 fully saturated rings. The lowest BCUT2D eigenvalue weighted by molar-refractivity contribution is -0.134. The topological polar surface area (TPSA) is 99.3 Å². The van der Waals surface area contributed by atoms with Crippen molar-refractivity contribution < 1.29 is 22.7 Å². The van der Waals surface area contributed by atoms with Crippen LogP contribution in [0.5, 0.6) is 5.75 Å². The third-order valence-electron chi connectivity index (χ3n) is 6.86. The maximum atomic E-state index is 13.4. The lowest BCUT2D eigenvalue weighted by Crippen LogP contribution is -2.56. The first-order valence-electron chi connectivity index (χ1n) is 12.2. The molecule has 0 radical (unpaired) electrons. The Kier molecular flexibility index (Phi) is 7.56. The Bertz CT molecular complexity index is 1240. The minimum absolute atomic E-state index is 0.0700. The van der Waals surface area contributed by atoms with Crippen molar-refractivity contribution in [3.8, 4) is 5.75 Å². The number of rotatable bonds is 7. The molecule has 2 heterocycles. The Labute approximate surface area is 213 Å². The molecule has 0 bridgehead atoms. The third-order valence-corrected chi connectivity index (χ3v) is 8.30. The maximum Gasteiger partial charge on any atom is 0.241 e. The number of fused-ring (bicyclic) bond motifs is 1. The monoisotopic (exact) mass is 514 g/mol. The van der Waals surface area contributed by atoms with Gasteiger partial charge < -0.3 is 19.4 Å². The van der Waals surface area contributed by atoms with Crippen LogP contribution in [0.25, 0.3) is 0 Å². The zero-order valence-corrected chi connectivity index (χ0v) is 22.0. The first-order chi connectivity index (χ1) is 17.1. The number of anilines is 2. The van der Waals surface area contributed by atoms with Crippen LogP contribution in [0.1, 0.15) is 26.3 Å². The number of ether oxygens (including phenoxy) is 1. The molecule has 1 unspecified atom stereocenters. The Balaban J connectivity index is 1.44. The van der Waals surface area contributed by atoms with Gasteiger partial charge in [-0.15, -0.1) is 0 Å². The second-order valence-corrected chi connectivity index (χ2v) is 11.3. The molecule has 10 heteroatoms. The summed E-state index contributed by atoms with van der Waals surface area (Å²) in [5.74, 6) is 0.259. The number of sulfonamides is 1. The van der Waals surface area contributed by atoms with Gasteiger partial charge in [0.05, 0.1) is 12.0 Å². The van der Waals surface area contributed by atoms with Crippen LogP contribution in [0.2, 0.25) is 0 Å². The van der Waals surface area contributed by atoms with Gasteiger partial charge in [0.15, 0.2) is 0 Å². The van der Waals surface area contributed by atoms with E-state index >= 15 is 0 Å². The van der Waals surface area contributed by atoms with Crippen molar-refractivity contribution in [3.05, 3.63) is 48.0 Å². The van der Waals surface area contributed by atoms with Crippen LogP contribution in [0.15, 0.2) is 47.4 Å². The molecule has 2 aliphatic rings. The van der Waals surface area contributed by atoms with Crippen molar-refractivity contribution in [3.63, 3.8) is 0 Å². The number of nitrogens with zero attached hydrogens (tertiary/aromatic N) is 3. The van der Waals surface area contributed by atoms with E-state index in [1.807, 2.05) is 38.1 Å². The van der Waals surface area contributed by atoms with E-state index in [2.05, 4.69) is 9.62 Å². The van der Waals surface area contributed by atoms with Crippen LogP contribution in [0, 0.1) is 5.92 Å². The average Bonchev–Trinajstić information content (AvgIpc) is 3.31. The minimum atomic E-state index is -3.93. The first-order valence-corrected chi connectivity index (χ1v) is 13.7. The summed E-state index contributed by atoms with van der Waals surface area (Å²) in [6, 6.07) is 11.7. The normalized spacial score (nSPS) is 16.8. The van der Waals surface area contributed by atoms with Crippen LogP contribution in [0.4, 0.5) is 11.4 Å². The number of methoxy groups -OCH3 is 1. The molecule has 36 heavy (non-hydrogen) atoms. The number of nitrogens with one attached hydrogen (secondary N) is 1. The number of amides is 2. The van der Waals surface area contributed by atoms with Crippen molar-refractivity contribution in [2.24, 2.45) is 5.92 Å². The molecule has 0 aromatic heterocycles. The molecule has 4 rings (SSSR count). The maximum absolute atomic E-state index is 13.4. The quantitative estimate of drug-likeness (QED) is 0.609. The van der Waals surface area contributed by atoms with Gasteiger partial charge >= 0.3 is 0 Å². The Morgan fingerprint density at radius 3 is 2.36 bits per heavy atom. The SMILES string of the molecule is COc1cccc(N2CCN(C(=O)C(NS(=O)(=O)c3ccc4c(c3)CCN4C(C)=O)C(C)C)CC2)c1. The van der Waals surface area contributed by atoms with E-state index in [1.54, 1.807) is 29.0 Å². The molecule has 2 aromatic carbocycles. The highest BCUT2D eigenvalue weighted by atomic mass is 32.2. The third kappa shape index (κ3) is 5.34. The molecule has 1 N–H and O–H groups in total. The van der Waals surface area contributed by atoms with Gasteiger partial charge in [0, 0.05) is 57.1 Å². The van der Waals surface area contributed by atoms with E-state index < -0.39 is 16.1 Å². The van der Waals surface area contributed by atoms with Crippen molar-refractivity contribution in [1.29, 1.82) is 0 Å². The highest BCUT2D eigenvalue weighted by Crippen LogP contribution is 2.30. The molecular weight excluding hydrogens is 480 g/mol. The summed E-state index contributed by atoms with van der Waals surface area (Å²) < 4.78 is 34.5. The molecule has 9 nitrogen and oxygen atoms in total. The number of carbonyl (C=O) groups is 2. The summed E-state index contributed by atoms with van der Waals surface area (Å²) >= 11 is 0. The molecule has 2 amide bonds. The van der Waals surface area contributed by atoms with Crippen molar-refractivity contribution in [1.82, 2.24) is 9.62 Å². The molecule has 0 aliphatic carbocycles. The molecular formula is C26H34N4O5S. The lowest BCUT2D eigenvalue weighted by atomic mass is 10.0. The number of hydrogen-bond donors (Lipinski definition) is 1. The fourth-order valence-electron chi connectivity index (χ4n) is 4.77. The van der Waals surface area contributed by atoms with E-state index in [1.165, 1.54) is 13.0 Å². The second kappa shape index (κ2) is 10.5. The second-order valence-electron chi connectivity index (χ2n) is 9.57. The van der Waals surface area contributed by atoms with Gasteiger partial charge in [-0.25, -0.2) is 8.42 Å². The standard InChI is InChI=1S/C26H34N4O5S/c1-18(2)25(26(32)29-14-12-28(13-15-29)21-6-5-7-22(17-21)35-4)27-36(33,34)23-8-9-24-20(16-23)10-11-30(24)19(3)31/h5-9,16-18,25,27H,10-15H2,1-4H3. The Morgan fingerprint density at radius 1 is 1.00 bits per heavy atom. The summed E-state index contributed by atoms with van der Waals surface area (Å²) in [5, 5.41) is 0. The number of hydrogen-bond acceptors (Lipinski definition) is 6. The summed E-state index contributed by atoms with van der Waals surface area (Å²) in [6.07, 6.45) is 0.600. The van der Waals surface area contributed by atoms with Gasteiger partial charge in [0.1, 0.15) is 11.8 Å². The molecule has 0 spiro atoms. The predicted molar refractivity (Wildman–Crippen MR) is 139 cm³/mol. The predicted octanol–water partition coefficient (Wildman–Crippen LogP) is 2.26. The molecule has 2 aliphatic heterocycles. The van der Waals surface area contributed by atoms with E-state index in [9.17, 15) is 18.0 Å². The van der Waals surface area contributed by atoms with Crippen LogP contribution in [0.3, 0.4) is 0 Å². The zero-order valence-electron chi connectivity index (χ0n) is 21.2. The average molecular weight is 515 g/mol. The Hall–Kier alpha value is -3.11. The Morgan fingerprint density at radius 2 is 1.72 bits per heavy atom. The summed E-state index contributed by atoms with van der Waals surface area (Å²) in [5.41, 5.74) is 2.59. The van der Waals surface area contributed by atoms with Crippen molar-refractivity contribution in [2.45, 2.75) is 38.1 Å². The summed E-state index contributed by atoms with van der Waals surface area (Å²) in [6.45, 7) is 8.01. The number of piperazine rings is 1. The molecule has 194 valence electrons. The molecule has 0 saturated carbocycles. The highest BCUT2D eigenvalue weighted by molar-refractivity contribution is 7.89. The van der Waals surface area contributed by atoms with Gasteiger partial charge in [0.25, 0.3) is 0 Å².